The fourth-order valence-electron chi connectivity index (χ4n) is 3.76. The number of ether oxygens (including phenoxy) is 1. The van der Waals surface area contributed by atoms with E-state index in [1.54, 1.807) is 11.2 Å². The number of nitrogens with zero attached hydrogens (tertiary/aromatic N) is 3. The number of alkyl halides is 3. The number of likely N-dealkylation sites (tertiary alicyclic amines) is 1. The number of amides is 1. The van der Waals surface area contributed by atoms with Crippen LogP contribution in [0.15, 0.2) is 39.9 Å². The van der Waals surface area contributed by atoms with Gasteiger partial charge in [-0.2, -0.15) is 13.2 Å². The summed E-state index contributed by atoms with van der Waals surface area (Å²) in [5.74, 6) is -1.33. The monoisotopic (exact) mass is 459 g/mol. The molecule has 9 nitrogen and oxygen atoms in total. The van der Waals surface area contributed by atoms with Crippen molar-refractivity contribution in [3.8, 4) is 0 Å². The van der Waals surface area contributed by atoms with E-state index in [-0.39, 0.29) is 11.5 Å². The lowest BCUT2D eigenvalue weighted by Crippen LogP contribution is -2.66. The topological polar surface area (TPSA) is 109 Å². The quantitative estimate of drug-likeness (QED) is 0.727. The van der Waals surface area contributed by atoms with Gasteiger partial charge in [0.1, 0.15) is 17.6 Å². The third-order valence-electron chi connectivity index (χ3n) is 5.35. The first kappa shape index (κ1) is 23.8. The van der Waals surface area contributed by atoms with Gasteiger partial charge in [-0.15, -0.1) is 0 Å². The van der Waals surface area contributed by atoms with Gasteiger partial charge in [-0.05, 0) is 37.9 Å². The zero-order valence-electron chi connectivity index (χ0n) is 17.4. The molecule has 2 saturated heterocycles. The second kappa shape index (κ2) is 9.74. The number of furan rings is 1. The van der Waals surface area contributed by atoms with Gasteiger partial charge >= 0.3 is 12.1 Å². The van der Waals surface area contributed by atoms with Gasteiger partial charge < -0.3 is 23.6 Å². The number of aromatic nitrogens is 1. The zero-order chi connectivity index (χ0) is 23.4. The zero-order valence-corrected chi connectivity index (χ0v) is 17.4. The van der Waals surface area contributed by atoms with Crippen molar-refractivity contribution in [2.45, 2.75) is 31.2 Å². The van der Waals surface area contributed by atoms with Crippen LogP contribution in [0.4, 0.5) is 13.2 Å². The minimum Gasteiger partial charge on any atom is -0.475 e. The number of carbonyl (C=O) groups excluding carboxylic acids is 1. The first-order valence-corrected chi connectivity index (χ1v) is 9.90. The molecule has 1 atom stereocenters. The van der Waals surface area contributed by atoms with Crippen molar-refractivity contribution < 1.29 is 41.4 Å². The van der Waals surface area contributed by atoms with Gasteiger partial charge in [-0.1, -0.05) is 0 Å². The highest BCUT2D eigenvalue weighted by molar-refractivity contribution is 5.92. The number of aliphatic carboxylic acids is 1. The molecule has 2 aromatic rings. The summed E-state index contributed by atoms with van der Waals surface area (Å²) < 4.78 is 48.2. The van der Waals surface area contributed by atoms with Crippen molar-refractivity contribution in [2.75, 3.05) is 33.3 Å². The molecule has 0 saturated carbocycles. The van der Waals surface area contributed by atoms with Gasteiger partial charge in [0, 0.05) is 6.54 Å². The highest BCUT2D eigenvalue weighted by Gasteiger charge is 2.49. The molecule has 1 N–H and O–H groups in total. The number of hydrogen-bond donors (Lipinski definition) is 1. The maximum Gasteiger partial charge on any atom is 0.490 e. The molecule has 4 heterocycles. The van der Waals surface area contributed by atoms with Gasteiger partial charge in [0.25, 0.3) is 5.91 Å². The summed E-state index contributed by atoms with van der Waals surface area (Å²) in [6.45, 7) is 3.84. The fraction of sp³-hybridized carbons (Fsp3) is 0.550. The Morgan fingerprint density at radius 1 is 1.38 bits per heavy atom. The second-order valence-corrected chi connectivity index (χ2v) is 8.01. The number of rotatable bonds is 5. The minimum atomic E-state index is -5.08. The highest BCUT2D eigenvalue weighted by atomic mass is 19.4. The summed E-state index contributed by atoms with van der Waals surface area (Å²) in [7, 11) is 2.11. The molecule has 12 heteroatoms. The standard InChI is InChI=1S/C18H23N3O4.C2HF3O2/c1-20(8-15-3-2-6-24-15)7-14-4-5-18(25-9-14)11-21(12-18)17(22)16-10-23-13-19-16;3-2(4,5)1(6)7/h2-3,6,10,13-14H,4-5,7-9,11-12H2,1H3;(H,6,7). The average Bonchev–Trinajstić information content (AvgIpc) is 3.40. The Labute approximate surface area is 181 Å². The van der Waals surface area contributed by atoms with E-state index in [9.17, 15) is 18.0 Å². The van der Waals surface area contributed by atoms with E-state index in [0.717, 1.165) is 38.3 Å². The van der Waals surface area contributed by atoms with Crippen LogP contribution < -0.4 is 0 Å². The van der Waals surface area contributed by atoms with Crippen LogP contribution in [0.5, 0.6) is 0 Å². The molecule has 176 valence electrons. The molecule has 1 amide bonds. The van der Waals surface area contributed by atoms with Crippen molar-refractivity contribution >= 4 is 11.9 Å². The van der Waals surface area contributed by atoms with E-state index in [0.29, 0.717) is 24.7 Å². The highest BCUT2D eigenvalue weighted by Crippen LogP contribution is 2.36. The van der Waals surface area contributed by atoms with E-state index in [1.807, 2.05) is 12.1 Å². The lowest BCUT2D eigenvalue weighted by Gasteiger charge is -2.52. The first-order chi connectivity index (χ1) is 15.1. The maximum absolute atomic E-state index is 12.2. The summed E-state index contributed by atoms with van der Waals surface area (Å²) in [6, 6.07) is 3.91. The summed E-state index contributed by atoms with van der Waals surface area (Å²) in [5, 5.41) is 7.12. The van der Waals surface area contributed by atoms with Gasteiger partial charge in [0.2, 0.25) is 0 Å². The molecule has 32 heavy (non-hydrogen) atoms. The molecule has 1 spiro atoms. The van der Waals surface area contributed by atoms with Crippen molar-refractivity contribution in [2.24, 2.45) is 5.92 Å². The average molecular weight is 459 g/mol. The molecule has 4 rings (SSSR count). The van der Waals surface area contributed by atoms with E-state index < -0.39 is 12.1 Å². The lowest BCUT2D eigenvalue weighted by atomic mass is 9.82. The van der Waals surface area contributed by atoms with Crippen LogP contribution in [0.25, 0.3) is 0 Å². The van der Waals surface area contributed by atoms with Gasteiger partial charge in [-0.25, -0.2) is 9.78 Å². The van der Waals surface area contributed by atoms with Gasteiger partial charge in [0.15, 0.2) is 12.1 Å². The molecule has 1 unspecified atom stereocenters. The van der Waals surface area contributed by atoms with Crippen LogP contribution >= 0.6 is 0 Å². The van der Waals surface area contributed by atoms with Gasteiger partial charge in [-0.3, -0.25) is 9.69 Å². The van der Waals surface area contributed by atoms with Crippen molar-refractivity contribution in [1.29, 1.82) is 0 Å². The van der Waals surface area contributed by atoms with Crippen LogP contribution in [0.1, 0.15) is 29.1 Å². The predicted octanol–water partition coefficient (Wildman–Crippen LogP) is 2.65. The number of carboxylic acid groups (broad SMARTS) is 1. The smallest absolute Gasteiger partial charge is 0.475 e. The Morgan fingerprint density at radius 3 is 2.59 bits per heavy atom. The van der Waals surface area contributed by atoms with Crippen LogP contribution in [0.2, 0.25) is 0 Å². The third-order valence-corrected chi connectivity index (χ3v) is 5.35. The van der Waals surface area contributed by atoms with Crippen LogP contribution in [0.3, 0.4) is 0 Å². The molecule has 2 aromatic heterocycles. The SMILES string of the molecule is CN(Cc1ccco1)CC1CCC2(CN(C(=O)c3cocn3)C2)OC1.O=C(O)C(F)(F)F. The van der Waals surface area contributed by atoms with Crippen molar-refractivity contribution in [1.82, 2.24) is 14.8 Å². The first-order valence-electron chi connectivity index (χ1n) is 9.90. The molecule has 0 radical (unpaired) electrons. The number of hydrogen-bond acceptors (Lipinski definition) is 7. The van der Waals surface area contributed by atoms with E-state index >= 15 is 0 Å². The molecule has 0 bridgehead atoms. The third kappa shape index (κ3) is 6.10. The molecular weight excluding hydrogens is 435 g/mol. The Hall–Kier alpha value is -2.86. The normalized spacial score (nSPS) is 19.9. The second-order valence-electron chi connectivity index (χ2n) is 8.01. The minimum absolute atomic E-state index is 0.0803. The van der Waals surface area contributed by atoms with E-state index in [1.165, 1.54) is 12.7 Å². The van der Waals surface area contributed by atoms with Crippen LogP contribution in [-0.4, -0.2) is 76.8 Å². The molecular formula is C20H24F3N3O6. The number of halogens is 3. The molecule has 2 aliphatic heterocycles. The van der Waals surface area contributed by atoms with Crippen LogP contribution in [0, 0.1) is 5.92 Å². The van der Waals surface area contributed by atoms with E-state index in [2.05, 4.69) is 16.9 Å². The van der Waals surface area contributed by atoms with E-state index in [4.69, 9.17) is 23.5 Å². The number of carboxylic acids is 1. The Balaban J connectivity index is 0.000000360. The summed E-state index contributed by atoms with van der Waals surface area (Å²) in [4.78, 5) is 29.1. The Kier molecular flexibility index (Phi) is 7.24. The molecule has 2 aliphatic rings. The lowest BCUT2D eigenvalue weighted by molar-refractivity contribution is -0.192. The summed E-state index contributed by atoms with van der Waals surface area (Å²) in [6.07, 6.45) is 1.41. The maximum atomic E-state index is 12.2. The fourth-order valence-corrected chi connectivity index (χ4v) is 3.76. The predicted molar refractivity (Wildman–Crippen MR) is 103 cm³/mol. The summed E-state index contributed by atoms with van der Waals surface area (Å²) >= 11 is 0. The van der Waals surface area contributed by atoms with Crippen molar-refractivity contribution in [3.63, 3.8) is 0 Å². The Bertz CT molecular complexity index is 869. The van der Waals surface area contributed by atoms with Crippen LogP contribution in [-0.2, 0) is 16.1 Å². The number of carbonyl (C=O) groups is 2. The summed E-state index contributed by atoms with van der Waals surface area (Å²) in [5.41, 5.74) is 0.207. The molecule has 0 aromatic carbocycles. The van der Waals surface area contributed by atoms with Crippen molar-refractivity contribution in [3.05, 3.63) is 42.5 Å². The van der Waals surface area contributed by atoms with Gasteiger partial charge in [0.05, 0.1) is 32.5 Å². The molecule has 0 aliphatic carbocycles. The Morgan fingerprint density at radius 2 is 2.09 bits per heavy atom. The largest absolute Gasteiger partial charge is 0.490 e. The number of oxazole rings is 1. The molecule has 2 fully saturated rings.